The number of aromatic nitrogens is 2. The molecule has 1 aromatic carbocycles. The number of alkyl halides is 3. The SMILES string of the molecule is CC(C)Cc1cc(OC(F)(F)F)c(C#N)c(N2CCN(Cc3cccnn3)C(C)C2)c1. The fraction of sp³-hybridized carbons (Fsp3) is 0.500. The number of benzene rings is 1. The predicted octanol–water partition coefficient (Wildman–Crippen LogP) is 4.16. The topological polar surface area (TPSA) is 65.3 Å². The van der Waals surface area contributed by atoms with Gasteiger partial charge in [-0.2, -0.15) is 15.5 Å². The summed E-state index contributed by atoms with van der Waals surface area (Å²) in [6, 6.07) is 8.96. The average molecular weight is 433 g/mol. The third kappa shape index (κ3) is 6.07. The third-order valence-electron chi connectivity index (χ3n) is 5.22. The summed E-state index contributed by atoms with van der Waals surface area (Å²) < 4.78 is 43.2. The summed E-state index contributed by atoms with van der Waals surface area (Å²) in [6.45, 7) is 8.53. The van der Waals surface area contributed by atoms with Crippen LogP contribution in [0.15, 0.2) is 30.5 Å². The van der Waals surface area contributed by atoms with Crippen molar-refractivity contribution in [1.82, 2.24) is 15.1 Å². The highest BCUT2D eigenvalue weighted by Gasteiger charge is 2.34. The molecule has 0 N–H and O–H groups in total. The van der Waals surface area contributed by atoms with Gasteiger partial charge in [-0.05, 0) is 49.1 Å². The van der Waals surface area contributed by atoms with Crippen LogP contribution in [0, 0.1) is 17.2 Å². The van der Waals surface area contributed by atoms with Gasteiger partial charge in [-0.15, -0.1) is 13.2 Å². The second-order valence-electron chi connectivity index (χ2n) is 8.23. The fourth-order valence-electron chi connectivity index (χ4n) is 3.89. The van der Waals surface area contributed by atoms with Gasteiger partial charge in [0.05, 0.1) is 11.4 Å². The van der Waals surface area contributed by atoms with E-state index in [4.69, 9.17) is 0 Å². The number of rotatable bonds is 6. The molecule has 0 radical (unpaired) electrons. The van der Waals surface area contributed by atoms with Crippen LogP contribution < -0.4 is 9.64 Å². The number of nitriles is 1. The number of piperazine rings is 1. The summed E-state index contributed by atoms with van der Waals surface area (Å²) in [7, 11) is 0. The Bertz CT molecular complexity index is 927. The Balaban J connectivity index is 1.87. The highest BCUT2D eigenvalue weighted by Crippen LogP contribution is 2.36. The Morgan fingerprint density at radius 2 is 2.06 bits per heavy atom. The van der Waals surface area contributed by atoms with E-state index >= 15 is 0 Å². The molecule has 166 valence electrons. The van der Waals surface area contributed by atoms with Gasteiger partial charge in [0.25, 0.3) is 0 Å². The van der Waals surface area contributed by atoms with E-state index in [2.05, 4.69) is 26.8 Å². The van der Waals surface area contributed by atoms with Gasteiger partial charge in [-0.25, -0.2) is 0 Å². The van der Waals surface area contributed by atoms with Crippen molar-refractivity contribution < 1.29 is 17.9 Å². The van der Waals surface area contributed by atoms with Crippen LogP contribution in [0.4, 0.5) is 18.9 Å². The zero-order chi connectivity index (χ0) is 22.6. The van der Waals surface area contributed by atoms with E-state index in [1.165, 1.54) is 6.07 Å². The van der Waals surface area contributed by atoms with Gasteiger partial charge in [0.15, 0.2) is 0 Å². The first-order valence-corrected chi connectivity index (χ1v) is 10.2. The highest BCUT2D eigenvalue weighted by atomic mass is 19.4. The summed E-state index contributed by atoms with van der Waals surface area (Å²) in [6.07, 6.45) is -2.64. The van der Waals surface area contributed by atoms with Crippen molar-refractivity contribution in [3.63, 3.8) is 0 Å². The maximum atomic E-state index is 13.0. The Morgan fingerprint density at radius 1 is 1.29 bits per heavy atom. The van der Waals surface area contributed by atoms with Crippen molar-refractivity contribution in [2.75, 3.05) is 24.5 Å². The fourth-order valence-corrected chi connectivity index (χ4v) is 3.89. The van der Waals surface area contributed by atoms with Crippen molar-refractivity contribution in [2.45, 2.75) is 46.1 Å². The molecule has 1 aliphatic heterocycles. The van der Waals surface area contributed by atoms with Gasteiger partial charge in [-0.1, -0.05) is 13.8 Å². The lowest BCUT2D eigenvalue weighted by molar-refractivity contribution is -0.274. The first-order valence-electron chi connectivity index (χ1n) is 10.2. The molecule has 0 spiro atoms. The molecule has 2 aromatic rings. The number of anilines is 1. The van der Waals surface area contributed by atoms with Crippen molar-refractivity contribution in [3.8, 4) is 11.8 Å². The van der Waals surface area contributed by atoms with Crippen LogP contribution >= 0.6 is 0 Å². The van der Waals surface area contributed by atoms with Crippen LogP contribution in [0.5, 0.6) is 5.75 Å². The molecular weight excluding hydrogens is 407 g/mol. The summed E-state index contributed by atoms with van der Waals surface area (Å²) in [5, 5.41) is 17.7. The van der Waals surface area contributed by atoms with Crippen LogP contribution in [0.3, 0.4) is 0 Å². The number of ether oxygens (including phenoxy) is 1. The van der Waals surface area contributed by atoms with E-state index in [0.29, 0.717) is 38.3 Å². The number of hydrogen-bond acceptors (Lipinski definition) is 6. The normalized spacial score (nSPS) is 17.6. The molecule has 0 amide bonds. The highest BCUT2D eigenvalue weighted by molar-refractivity contribution is 5.67. The number of hydrogen-bond donors (Lipinski definition) is 0. The van der Waals surface area contributed by atoms with Gasteiger partial charge in [0, 0.05) is 38.4 Å². The van der Waals surface area contributed by atoms with Gasteiger partial charge >= 0.3 is 6.36 Å². The van der Waals surface area contributed by atoms with Crippen molar-refractivity contribution in [3.05, 3.63) is 47.3 Å². The van der Waals surface area contributed by atoms with Gasteiger partial charge in [-0.3, -0.25) is 4.90 Å². The van der Waals surface area contributed by atoms with Crippen LogP contribution in [0.1, 0.15) is 37.6 Å². The Hall–Kier alpha value is -2.86. The van der Waals surface area contributed by atoms with Crippen LogP contribution in [0.2, 0.25) is 0 Å². The average Bonchev–Trinajstić information content (AvgIpc) is 2.68. The minimum Gasteiger partial charge on any atom is -0.404 e. The maximum Gasteiger partial charge on any atom is 0.573 e. The van der Waals surface area contributed by atoms with E-state index in [-0.39, 0.29) is 17.5 Å². The molecule has 1 atom stereocenters. The molecule has 6 nitrogen and oxygen atoms in total. The smallest absolute Gasteiger partial charge is 0.404 e. The van der Waals surface area contributed by atoms with E-state index in [9.17, 15) is 18.4 Å². The zero-order valence-electron chi connectivity index (χ0n) is 17.9. The van der Waals surface area contributed by atoms with Crippen LogP contribution in [-0.4, -0.2) is 47.1 Å². The minimum absolute atomic E-state index is 0.0839. The third-order valence-corrected chi connectivity index (χ3v) is 5.22. The summed E-state index contributed by atoms with van der Waals surface area (Å²) in [4.78, 5) is 4.22. The molecule has 1 aliphatic rings. The molecule has 31 heavy (non-hydrogen) atoms. The molecule has 1 fully saturated rings. The van der Waals surface area contributed by atoms with Gasteiger partial charge in [0.2, 0.25) is 0 Å². The summed E-state index contributed by atoms with van der Waals surface area (Å²) in [5.41, 5.74) is 1.99. The standard InChI is InChI=1S/C22H26F3N5O/c1-15(2)9-17-10-20(19(12-26)21(11-17)31-22(23,24)25)30-8-7-29(16(3)13-30)14-18-5-4-6-27-28-18/h4-6,10-11,15-16H,7-9,13-14H2,1-3H3. The quantitative estimate of drug-likeness (QED) is 0.682. The first kappa shape index (κ1) is 22.8. The number of nitrogens with zero attached hydrogens (tertiary/aromatic N) is 5. The van der Waals surface area contributed by atoms with E-state index in [1.54, 1.807) is 6.20 Å². The van der Waals surface area contributed by atoms with Crippen LogP contribution in [-0.2, 0) is 13.0 Å². The van der Waals surface area contributed by atoms with Crippen molar-refractivity contribution in [2.24, 2.45) is 5.92 Å². The monoisotopic (exact) mass is 433 g/mol. The molecule has 1 saturated heterocycles. The van der Waals surface area contributed by atoms with E-state index in [0.717, 1.165) is 11.3 Å². The first-order chi connectivity index (χ1) is 14.7. The van der Waals surface area contributed by atoms with Crippen molar-refractivity contribution in [1.29, 1.82) is 5.26 Å². The summed E-state index contributed by atoms with van der Waals surface area (Å²) in [5.74, 6) is -0.180. The van der Waals surface area contributed by atoms with E-state index < -0.39 is 12.1 Å². The molecule has 1 unspecified atom stereocenters. The van der Waals surface area contributed by atoms with E-state index in [1.807, 2.05) is 43.0 Å². The molecule has 0 aliphatic carbocycles. The Labute approximate surface area is 180 Å². The molecular formula is C22H26F3N5O. The zero-order valence-corrected chi connectivity index (χ0v) is 17.9. The van der Waals surface area contributed by atoms with Crippen molar-refractivity contribution >= 4 is 5.69 Å². The molecule has 0 bridgehead atoms. The lowest BCUT2D eigenvalue weighted by Crippen LogP contribution is -2.51. The largest absolute Gasteiger partial charge is 0.573 e. The predicted molar refractivity (Wildman–Crippen MR) is 110 cm³/mol. The lowest BCUT2D eigenvalue weighted by Gasteiger charge is -2.41. The second-order valence-corrected chi connectivity index (χ2v) is 8.23. The van der Waals surface area contributed by atoms with Gasteiger partial charge in [0.1, 0.15) is 17.4 Å². The Kier molecular flexibility index (Phi) is 7.01. The second kappa shape index (κ2) is 9.52. The number of halogens is 3. The maximum absolute atomic E-state index is 13.0. The molecule has 2 heterocycles. The Morgan fingerprint density at radius 3 is 2.65 bits per heavy atom. The lowest BCUT2D eigenvalue weighted by atomic mass is 9.98. The molecule has 9 heteroatoms. The van der Waals surface area contributed by atoms with Crippen LogP contribution in [0.25, 0.3) is 0 Å². The van der Waals surface area contributed by atoms with Gasteiger partial charge < -0.3 is 9.64 Å². The summed E-state index contributed by atoms with van der Waals surface area (Å²) >= 11 is 0. The molecule has 3 rings (SSSR count). The molecule has 0 saturated carbocycles. The molecule has 1 aromatic heterocycles. The minimum atomic E-state index is -4.86.